The van der Waals surface area contributed by atoms with Gasteiger partial charge in [0, 0.05) is 31.2 Å². The molecular weight excluding hydrogens is 328 g/mol. The van der Waals surface area contributed by atoms with E-state index < -0.39 is 16.1 Å². The normalized spacial score (nSPS) is 11.2. The van der Waals surface area contributed by atoms with Crippen LogP contribution in [0.5, 0.6) is 0 Å². The Kier molecular flexibility index (Phi) is 5.40. The quantitative estimate of drug-likeness (QED) is 0.865. The van der Waals surface area contributed by atoms with Crippen molar-refractivity contribution in [3.63, 3.8) is 0 Å². The number of hydrogen-bond acceptors (Lipinski definition) is 5. The molecule has 1 aromatic heterocycles. The molecule has 0 atom stereocenters. The van der Waals surface area contributed by atoms with Crippen LogP contribution >= 0.6 is 0 Å². The van der Waals surface area contributed by atoms with Crippen molar-refractivity contribution in [2.45, 2.75) is 24.8 Å². The van der Waals surface area contributed by atoms with Crippen LogP contribution in [0.2, 0.25) is 0 Å². The molecule has 0 unspecified atom stereocenters. The van der Waals surface area contributed by atoms with Crippen LogP contribution < -0.4 is 14.9 Å². The lowest BCUT2D eigenvalue weighted by molar-refractivity contribution is 0.243. The third-order valence-corrected chi connectivity index (χ3v) is 4.55. The van der Waals surface area contributed by atoms with Crippen molar-refractivity contribution in [3.05, 3.63) is 48.8 Å². The lowest BCUT2D eigenvalue weighted by atomic mass is 10.2. The van der Waals surface area contributed by atoms with Crippen LogP contribution in [-0.2, 0) is 10.0 Å². The Balaban J connectivity index is 2.36. The number of carbonyl (C=O) groups is 1. The summed E-state index contributed by atoms with van der Waals surface area (Å²) in [6.07, 6.45) is 2.72. The zero-order valence-electron chi connectivity index (χ0n) is 13.7. The number of amides is 2. The van der Waals surface area contributed by atoms with Crippen molar-refractivity contribution in [3.8, 4) is 0 Å². The molecule has 0 saturated heterocycles. The van der Waals surface area contributed by atoms with E-state index in [0.29, 0.717) is 5.69 Å². The third-order valence-electron chi connectivity index (χ3n) is 3.20. The Morgan fingerprint density at radius 1 is 1.17 bits per heavy atom. The average Bonchev–Trinajstić information content (AvgIpc) is 2.53. The highest BCUT2D eigenvalue weighted by molar-refractivity contribution is 7.90. The van der Waals surface area contributed by atoms with Crippen LogP contribution in [0.25, 0.3) is 0 Å². The van der Waals surface area contributed by atoms with E-state index in [0.717, 1.165) is 5.69 Å². The van der Waals surface area contributed by atoms with E-state index in [1.807, 2.05) is 35.1 Å². The van der Waals surface area contributed by atoms with Crippen LogP contribution in [0.4, 0.5) is 16.2 Å². The van der Waals surface area contributed by atoms with E-state index in [2.05, 4.69) is 10.3 Å². The van der Waals surface area contributed by atoms with Gasteiger partial charge in [0.1, 0.15) is 4.90 Å². The smallest absolute Gasteiger partial charge is 0.328 e. The summed E-state index contributed by atoms with van der Waals surface area (Å²) < 4.78 is 27.1. The van der Waals surface area contributed by atoms with Gasteiger partial charge in [-0.15, -0.1) is 0 Å². The zero-order valence-corrected chi connectivity index (χ0v) is 14.5. The number of anilines is 2. The number of pyridine rings is 1. The molecule has 2 rings (SSSR count). The maximum atomic E-state index is 12.5. The molecule has 1 heterocycles. The molecular formula is C16H20N4O3S. The molecule has 1 aromatic carbocycles. The minimum atomic E-state index is -4.06. The predicted octanol–water partition coefficient (Wildman–Crippen LogP) is 2.25. The van der Waals surface area contributed by atoms with E-state index in [-0.39, 0.29) is 10.9 Å². The highest BCUT2D eigenvalue weighted by Gasteiger charge is 2.24. The van der Waals surface area contributed by atoms with Gasteiger partial charge in [-0.2, -0.15) is 0 Å². The van der Waals surface area contributed by atoms with Gasteiger partial charge in [0.05, 0.1) is 5.69 Å². The lowest BCUT2D eigenvalue weighted by Crippen LogP contribution is -2.42. The number of urea groups is 1. The first-order chi connectivity index (χ1) is 11.3. The van der Waals surface area contributed by atoms with Gasteiger partial charge in [0.2, 0.25) is 0 Å². The van der Waals surface area contributed by atoms with E-state index in [1.165, 1.54) is 12.4 Å². The summed E-state index contributed by atoms with van der Waals surface area (Å²) in [5.74, 6) is 0. The molecule has 0 bridgehead atoms. The summed E-state index contributed by atoms with van der Waals surface area (Å²) in [6, 6.07) is 9.93. The molecule has 0 aliphatic carbocycles. The topological polar surface area (TPSA) is 91.4 Å². The second-order valence-corrected chi connectivity index (χ2v) is 7.12. The fourth-order valence-electron chi connectivity index (χ4n) is 2.12. The first-order valence-corrected chi connectivity index (χ1v) is 8.85. The molecule has 24 heavy (non-hydrogen) atoms. The molecule has 0 spiro atoms. The minimum Gasteiger partial charge on any atom is -0.343 e. The number of carbonyl (C=O) groups excluding carboxylic acids is 1. The average molecular weight is 348 g/mol. The van der Waals surface area contributed by atoms with Crippen molar-refractivity contribution < 1.29 is 13.2 Å². The molecule has 2 amide bonds. The molecule has 0 aliphatic heterocycles. The Hall–Kier alpha value is -2.61. The van der Waals surface area contributed by atoms with Crippen molar-refractivity contribution in [1.29, 1.82) is 0 Å². The fraction of sp³-hybridized carbons (Fsp3) is 0.250. The highest BCUT2D eigenvalue weighted by atomic mass is 32.2. The summed E-state index contributed by atoms with van der Waals surface area (Å²) >= 11 is 0. The summed E-state index contributed by atoms with van der Waals surface area (Å²) in [7, 11) is -2.31. The van der Waals surface area contributed by atoms with E-state index >= 15 is 0 Å². The van der Waals surface area contributed by atoms with E-state index in [1.54, 1.807) is 31.9 Å². The van der Waals surface area contributed by atoms with Gasteiger partial charge >= 0.3 is 6.03 Å². The minimum absolute atomic E-state index is 0.0738. The van der Waals surface area contributed by atoms with Crippen molar-refractivity contribution in [2.75, 3.05) is 11.9 Å². The zero-order chi connectivity index (χ0) is 17.7. The molecule has 0 radical (unpaired) electrons. The Bertz CT molecular complexity index is 807. The van der Waals surface area contributed by atoms with Crippen molar-refractivity contribution in [2.24, 2.45) is 0 Å². The Labute approximate surface area is 141 Å². The van der Waals surface area contributed by atoms with Gasteiger partial charge in [0.25, 0.3) is 10.0 Å². The van der Waals surface area contributed by atoms with Crippen LogP contribution in [0.1, 0.15) is 13.8 Å². The summed E-state index contributed by atoms with van der Waals surface area (Å²) in [6.45, 7) is 3.48. The van der Waals surface area contributed by atoms with Gasteiger partial charge in [-0.05, 0) is 32.0 Å². The second kappa shape index (κ2) is 7.31. The largest absolute Gasteiger partial charge is 0.343 e. The second-order valence-electron chi connectivity index (χ2n) is 5.47. The van der Waals surface area contributed by atoms with Crippen LogP contribution in [0.15, 0.2) is 53.7 Å². The van der Waals surface area contributed by atoms with Crippen molar-refractivity contribution >= 4 is 27.4 Å². The SMILES string of the molecule is CC(C)NC(=O)NS(=O)(=O)c1cnccc1N(C)c1ccccc1. The molecule has 0 aliphatic rings. The van der Waals surface area contributed by atoms with Crippen LogP contribution in [0.3, 0.4) is 0 Å². The highest BCUT2D eigenvalue weighted by Crippen LogP contribution is 2.28. The lowest BCUT2D eigenvalue weighted by Gasteiger charge is -2.22. The Morgan fingerprint density at radius 2 is 1.83 bits per heavy atom. The summed E-state index contributed by atoms with van der Waals surface area (Å²) in [4.78, 5) is 17.3. The van der Waals surface area contributed by atoms with Crippen LogP contribution in [0, 0.1) is 0 Å². The van der Waals surface area contributed by atoms with Gasteiger partial charge in [-0.3, -0.25) is 4.98 Å². The number of nitrogens with zero attached hydrogens (tertiary/aromatic N) is 2. The molecule has 128 valence electrons. The molecule has 2 N–H and O–H groups in total. The first kappa shape index (κ1) is 17.7. The first-order valence-electron chi connectivity index (χ1n) is 7.37. The number of para-hydroxylation sites is 1. The predicted molar refractivity (Wildman–Crippen MR) is 92.7 cm³/mol. The number of rotatable bonds is 5. The van der Waals surface area contributed by atoms with Gasteiger partial charge in [-0.25, -0.2) is 17.9 Å². The number of nitrogens with one attached hydrogen (secondary N) is 2. The van der Waals surface area contributed by atoms with E-state index in [9.17, 15) is 13.2 Å². The van der Waals surface area contributed by atoms with Crippen molar-refractivity contribution in [1.82, 2.24) is 15.0 Å². The van der Waals surface area contributed by atoms with Crippen LogP contribution in [-0.4, -0.2) is 32.5 Å². The molecule has 2 aromatic rings. The molecule has 8 heteroatoms. The third kappa shape index (κ3) is 4.23. The number of sulfonamides is 1. The monoisotopic (exact) mass is 348 g/mol. The van der Waals surface area contributed by atoms with E-state index in [4.69, 9.17) is 0 Å². The standard InChI is InChI=1S/C16H20N4O3S/c1-12(2)18-16(21)19-24(22,23)15-11-17-10-9-14(15)20(3)13-7-5-4-6-8-13/h4-12H,1-3H3,(H2,18,19,21). The van der Waals surface area contributed by atoms with Gasteiger partial charge in [-0.1, -0.05) is 18.2 Å². The van der Waals surface area contributed by atoms with Gasteiger partial charge < -0.3 is 10.2 Å². The molecule has 0 saturated carbocycles. The Morgan fingerprint density at radius 3 is 2.46 bits per heavy atom. The number of benzene rings is 1. The maximum Gasteiger partial charge on any atom is 0.328 e. The molecule has 0 fully saturated rings. The number of aromatic nitrogens is 1. The number of hydrogen-bond donors (Lipinski definition) is 2. The molecule has 7 nitrogen and oxygen atoms in total. The van der Waals surface area contributed by atoms with Gasteiger partial charge in [0.15, 0.2) is 0 Å². The summed E-state index contributed by atoms with van der Waals surface area (Å²) in [5, 5.41) is 2.49. The fourth-order valence-corrected chi connectivity index (χ4v) is 3.21. The maximum absolute atomic E-state index is 12.5. The summed E-state index contributed by atoms with van der Waals surface area (Å²) in [5.41, 5.74) is 1.23.